The predicted octanol–water partition coefficient (Wildman–Crippen LogP) is 3.54. The molecule has 2 aliphatic rings. The number of hydrogen-bond donors (Lipinski definition) is 1. The van der Waals surface area contributed by atoms with Crippen LogP contribution in [0.1, 0.15) is 41.0 Å². The zero-order valence-electron chi connectivity index (χ0n) is 20.4. The molecule has 0 saturated heterocycles. The lowest BCUT2D eigenvalue weighted by Gasteiger charge is -2.33. The van der Waals surface area contributed by atoms with Gasteiger partial charge in [0.1, 0.15) is 17.2 Å². The topological polar surface area (TPSA) is 120 Å². The molecule has 1 N–H and O–H groups in total. The van der Waals surface area contributed by atoms with E-state index < -0.39 is 59.1 Å². The molecule has 5 atom stereocenters. The fraction of sp³-hybridized carbons (Fsp3) is 0.583. The first-order chi connectivity index (χ1) is 16.4. The van der Waals surface area contributed by atoms with Gasteiger partial charge in [0, 0.05) is 18.3 Å². The number of benzene rings is 1. The van der Waals surface area contributed by atoms with Crippen LogP contribution in [0.4, 0.5) is 19.8 Å². The molecule has 1 aromatic carbocycles. The molecule has 10 nitrogen and oxygen atoms in total. The van der Waals surface area contributed by atoms with Crippen LogP contribution in [0.5, 0.6) is 0 Å². The lowest BCUT2D eigenvalue weighted by Crippen LogP contribution is -2.58. The number of esters is 2. The number of alkyl carbamates (subject to hydrolysis) is 1. The van der Waals surface area contributed by atoms with E-state index in [1.54, 1.807) is 52.8 Å². The van der Waals surface area contributed by atoms with Crippen LogP contribution in [0.2, 0.25) is 0 Å². The van der Waals surface area contributed by atoms with E-state index in [2.05, 4.69) is 5.32 Å². The van der Waals surface area contributed by atoms with Crippen molar-refractivity contribution in [3.8, 4) is 0 Å². The summed E-state index contributed by atoms with van der Waals surface area (Å²) in [5.41, 5.74) is -2.63. The number of hydrogen-bond acceptors (Lipinski definition) is 8. The standard InChI is InChI=1S/C24H31FN2O8/c1-6-32-19(28)17-16-15(34-22(31)27(25)14-11-9-8-10-12-14)13-24(18(16)17,20(29)33-7-2)26-21(30)35-23(3,4)5/h8-12,15-18H,6-7,13H2,1-5H3,(H,26,30)/t15?,16?,17-,18?,24?/m0/s1. The highest BCUT2D eigenvalue weighted by Crippen LogP contribution is 2.64. The van der Waals surface area contributed by atoms with E-state index in [-0.39, 0.29) is 30.4 Å². The summed E-state index contributed by atoms with van der Waals surface area (Å²) in [4.78, 5) is 51.0. The Bertz CT molecular complexity index is 966. The van der Waals surface area contributed by atoms with E-state index in [4.69, 9.17) is 18.9 Å². The van der Waals surface area contributed by atoms with Gasteiger partial charge in [0.15, 0.2) is 0 Å². The van der Waals surface area contributed by atoms with E-state index in [0.717, 1.165) is 0 Å². The normalized spacial score (nSPS) is 26.7. The number of fused-ring (bicyclic) bond motifs is 1. The zero-order chi connectivity index (χ0) is 26.0. The second-order valence-corrected chi connectivity index (χ2v) is 9.44. The first-order valence-corrected chi connectivity index (χ1v) is 11.5. The van der Waals surface area contributed by atoms with Crippen LogP contribution in [0.25, 0.3) is 0 Å². The first kappa shape index (κ1) is 26.2. The van der Waals surface area contributed by atoms with Crippen molar-refractivity contribution in [3.63, 3.8) is 0 Å². The summed E-state index contributed by atoms with van der Waals surface area (Å²) in [6.45, 7) is 8.30. The van der Waals surface area contributed by atoms with E-state index in [0.29, 0.717) is 0 Å². The first-order valence-electron chi connectivity index (χ1n) is 11.5. The van der Waals surface area contributed by atoms with Crippen molar-refractivity contribution >= 4 is 29.8 Å². The number of carbonyl (C=O) groups excluding carboxylic acids is 4. The maximum absolute atomic E-state index is 14.7. The summed E-state index contributed by atoms with van der Waals surface area (Å²) < 4.78 is 35.7. The molecule has 4 unspecified atom stereocenters. The molecule has 35 heavy (non-hydrogen) atoms. The lowest BCUT2D eigenvalue weighted by atomic mass is 9.89. The summed E-state index contributed by atoms with van der Waals surface area (Å²) in [6.07, 6.45) is -3.50. The van der Waals surface area contributed by atoms with E-state index >= 15 is 0 Å². The molecule has 0 heterocycles. The average Bonchev–Trinajstić information content (AvgIpc) is 3.46. The van der Waals surface area contributed by atoms with Crippen LogP contribution >= 0.6 is 0 Å². The SMILES string of the molecule is CCOC(=O)[C@H]1C2C(OC(=O)N(F)c3ccccc3)CC(NC(=O)OC(C)(C)C)(C(=O)OCC)C21. The number of amides is 2. The fourth-order valence-electron chi connectivity index (χ4n) is 4.67. The average molecular weight is 495 g/mol. The van der Waals surface area contributed by atoms with Crippen molar-refractivity contribution in [2.24, 2.45) is 17.8 Å². The smallest absolute Gasteiger partial charge is 0.443 e. The number of nitrogens with one attached hydrogen (secondary N) is 1. The van der Waals surface area contributed by atoms with E-state index in [9.17, 15) is 23.7 Å². The largest absolute Gasteiger partial charge is 0.466 e. The molecule has 192 valence electrons. The second kappa shape index (κ2) is 10.1. The van der Waals surface area contributed by atoms with Crippen LogP contribution < -0.4 is 10.4 Å². The third kappa shape index (κ3) is 5.49. The molecule has 0 aromatic heterocycles. The number of nitrogens with zero attached hydrogens (tertiary/aromatic N) is 1. The van der Waals surface area contributed by atoms with Gasteiger partial charge in [0.25, 0.3) is 0 Å². The molecule has 2 aliphatic carbocycles. The van der Waals surface area contributed by atoms with Crippen LogP contribution in [0, 0.1) is 17.8 Å². The van der Waals surface area contributed by atoms with E-state index in [1.165, 1.54) is 12.1 Å². The minimum absolute atomic E-state index is 0.00869. The predicted molar refractivity (Wildman–Crippen MR) is 121 cm³/mol. The Labute approximate surface area is 202 Å². The van der Waals surface area contributed by atoms with Gasteiger partial charge in [0.05, 0.1) is 24.8 Å². The zero-order valence-corrected chi connectivity index (χ0v) is 20.4. The molecule has 3 rings (SSSR count). The maximum Gasteiger partial charge on any atom is 0.443 e. The molecule has 0 bridgehead atoms. The van der Waals surface area contributed by atoms with Crippen molar-refractivity contribution < 1.29 is 42.6 Å². The van der Waals surface area contributed by atoms with Gasteiger partial charge in [0.2, 0.25) is 0 Å². The molecular formula is C24H31FN2O8. The third-order valence-electron chi connectivity index (χ3n) is 5.91. The molecular weight excluding hydrogens is 463 g/mol. The fourth-order valence-corrected chi connectivity index (χ4v) is 4.67. The van der Waals surface area contributed by atoms with Crippen LogP contribution in [-0.2, 0) is 28.5 Å². The second-order valence-electron chi connectivity index (χ2n) is 9.44. The number of ether oxygens (including phenoxy) is 4. The number of rotatable bonds is 7. The number of para-hydroxylation sites is 1. The van der Waals surface area contributed by atoms with Crippen molar-refractivity contribution in [1.29, 1.82) is 0 Å². The highest BCUT2D eigenvalue weighted by molar-refractivity contribution is 5.91. The molecule has 0 radical (unpaired) electrons. The quantitative estimate of drug-likeness (QED) is 0.347. The van der Waals surface area contributed by atoms with Crippen molar-refractivity contribution in [3.05, 3.63) is 30.3 Å². The van der Waals surface area contributed by atoms with Gasteiger partial charge in [-0.3, -0.25) is 4.79 Å². The molecule has 2 saturated carbocycles. The Morgan fingerprint density at radius 1 is 1.09 bits per heavy atom. The minimum atomic E-state index is -1.72. The number of anilines is 1. The van der Waals surface area contributed by atoms with Gasteiger partial charge in [-0.2, -0.15) is 0 Å². The molecule has 0 aliphatic heterocycles. The van der Waals surface area contributed by atoms with Gasteiger partial charge in [-0.25, -0.2) is 14.4 Å². The van der Waals surface area contributed by atoms with Gasteiger partial charge < -0.3 is 24.3 Å². The number of halogens is 1. The summed E-state index contributed by atoms with van der Waals surface area (Å²) in [6, 6.07) is 7.52. The summed E-state index contributed by atoms with van der Waals surface area (Å²) in [5, 5.41) is 2.41. The molecule has 11 heteroatoms. The van der Waals surface area contributed by atoms with Crippen LogP contribution in [0.15, 0.2) is 30.3 Å². The molecule has 1 aromatic rings. The van der Waals surface area contributed by atoms with Crippen molar-refractivity contribution in [1.82, 2.24) is 5.32 Å². The van der Waals surface area contributed by atoms with Gasteiger partial charge in [-0.1, -0.05) is 22.7 Å². The van der Waals surface area contributed by atoms with E-state index in [1.807, 2.05) is 0 Å². The molecule has 2 fully saturated rings. The van der Waals surface area contributed by atoms with Gasteiger partial charge in [-0.05, 0) is 46.8 Å². The Kier molecular flexibility index (Phi) is 7.56. The monoisotopic (exact) mass is 494 g/mol. The Morgan fingerprint density at radius 3 is 2.29 bits per heavy atom. The summed E-state index contributed by atoms with van der Waals surface area (Å²) in [7, 11) is 0. The van der Waals surface area contributed by atoms with Crippen LogP contribution in [-0.4, -0.2) is 54.6 Å². The maximum atomic E-state index is 14.7. The number of carbonyl (C=O) groups is 4. The Hall–Kier alpha value is -3.37. The third-order valence-corrected chi connectivity index (χ3v) is 5.91. The molecule has 0 spiro atoms. The van der Waals surface area contributed by atoms with Crippen molar-refractivity contribution in [2.75, 3.05) is 18.3 Å². The minimum Gasteiger partial charge on any atom is -0.466 e. The lowest BCUT2D eigenvalue weighted by molar-refractivity contribution is -0.154. The summed E-state index contributed by atoms with van der Waals surface area (Å²) >= 11 is 0. The molecule has 2 amide bonds. The van der Waals surface area contributed by atoms with Gasteiger partial charge in [-0.15, -0.1) is 5.12 Å². The van der Waals surface area contributed by atoms with Crippen LogP contribution in [0.3, 0.4) is 0 Å². The van der Waals surface area contributed by atoms with Gasteiger partial charge >= 0.3 is 24.1 Å². The van der Waals surface area contributed by atoms with Crippen molar-refractivity contribution in [2.45, 2.75) is 58.3 Å². The Morgan fingerprint density at radius 2 is 1.71 bits per heavy atom. The Balaban J connectivity index is 1.90. The highest BCUT2D eigenvalue weighted by atomic mass is 19.2. The summed E-state index contributed by atoms with van der Waals surface area (Å²) in [5.74, 6) is -3.72. The highest BCUT2D eigenvalue weighted by Gasteiger charge is 2.77.